The fourth-order valence-corrected chi connectivity index (χ4v) is 13.0. The molecule has 4 aliphatic rings. The van der Waals surface area contributed by atoms with Gasteiger partial charge in [-0.1, -0.05) is 26.0 Å². The summed E-state index contributed by atoms with van der Waals surface area (Å²) in [7, 11) is 1.36. The van der Waals surface area contributed by atoms with Crippen LogP contribution in [0.1, 0.15) is 57.6 Å². The molecule has 4 aromatic heterocycles. The first-order chi connectivity index (χ1) is 43.6. The predicted molar refractivity (Wildman–Crippen MR) is 322 cm³/mol. The summed E-state index contributed by atoms with van der Waals surface area (Å²) >= 11 is 10.8. The quantitative estimate of drug-likeness (QED) is 0.0185. The van der Waals surface area contributed by atoms with Gasteiger partial charge in [-0.3, -0.25) is 56.8 Å². The van der Waals surface area contributed by atoms with Gasteiger partial charge in [0, 0.05) is 56.7 Å². The molecule has 1 aromatic carbocycles. The highest BCUT2D eigenvalue weighted by atomic mass is 32.5. The number of benzene rings is 1. The molecule has 0 radical (unpaired) electrons. The number of anilines is 3. The number of urea groups is 1. The van der Waals surface area contributed by atoms with Gasteiger partial charge in [-0.05, 0) is 60.1 Å². The zero-order chi connectivity index (χ0) is 66.3. The van der Waals surface area contributed by atoms with E-state index in [1.165, 1.54) is 34.6 Å². The summed E-state index contributed by atoms with van der Waals surface area (Å²) < 4.78 is 54.9. The highest BCUT2D eigenvalue weighted by Gasteiger charge is 2.55. The number of ketones is 1. The van der Waals surface area contributed by atoms with Gasteiger partial charge in [0.05, 0.1) is 38.5 Å². The van der Waals surface area contributed by atoms with E-state index in [1.807, 2.05) is 0 Å². The minimum absolute atomic E-state index is 0.0294. The molecule has 92 heavy (non-hydrogen) atoms. The molecule has 4 aliphatic heterocycles. The lowest BCUT2D eigenvalue weighted by Gasteiger charge is -2.31. The van der Waals surface area contributed by atoms with Crippen LogP contribution in [0.15, 0.2) is 60.2 Å². The fraction of sp³-hybridized carbons (Fsp3) is 0.490. The van der Waals surface area contributed by atoms with E-state index < -0.39 is 153 Å². The number of ether oxygens (including phenoxy) is 5. The van der Waals surface area contributed by atoms with Crippen molar-refractivity contribution in [3.05, 3.63) is 71.3 Å². The molecular weight excluding hydrogens is 1300 g/mol. The molecule has 13 N–H and O–H groups in total. The molecule has 3 fully saturated rings. The van der Waals surface area contributed by atoms with Crippen molar-refractivity contribution in [3.63, 3.8) is 0 Å². The van der Waals surface area contributed by atoms with Crippen molar-refractivity contribution in [3.8, 4) is 0 Å². The average Bonchev–Trinajstić information content (AvgIpc) is 1.61. The number of aromatic nitrogens is 8. The number of imidazole rings is 2. The van der Waals surface area contributed by atoms with Gasteiger partial charge in [0.25, 0.3) is 17.4 Å². The van der Waals surface area contributed by atoms with Gasteiger partial charge in [0.1, 0.15) is 55.6 Å². The van der Waals surface area contributed by atoms with E-state index in [1.54, 1.807) is 26.0 Å². The molecule has 2 unspecified atom stereocenters. The summed E-state index contributed by atoms with van der Waals surface area (Å²) in [6.07, 6.45) is -8.91. The van der Waals surface area contributed by atoms with E-state index in [4.69, 9.17) is 82.6 Å². The number of fused-ring (bicyclic) bond motifs is 4. The van der Waals surface area contributed by atoms with Crippen LogP contribution < -0.4 is 38.7 Å². The van der Waals surface area contributed by atoms with Crippen molar-refractivity contribution in [1.29, 1.82) is 0 Å². The Morgan fingerprint density at radius 2 is 1.51 bits per heavy atom. The van der Waals surface area contributed by atoms with Crippen molar-refractivity contribution < 1.29 is 95.0 Å². The molecular formula is C51H64N16O21P2S2. The molecule has 8 heterocycles. The Balaban J connectivity index is 0.800. The third-order valence-electron chi connectivity index (χ3n) is 14.7. The number of nitrogens with one attached hydrogen (secondary N) is 4. The van der Waals surface area contributed by atoms with Crippen LogP contribution in [0.4, 0.5) is 31.8 Å². The van der Waals surface area contributed by atoms with Gasteiger partial charge < -0.3 is 85.7 Å². The standard InChI is InChI=1S/C51H64N16O21P2S2/c1-24(2)34(61-31(69)12-14-65-32(70)10-11-33(65)71)28(68)17-26(5-4-13-55-49(54)75)44(73)60-27-8-6-25(7-9-27)18-81-50(76)64(3)15-16-80-51(77)86-40-39-30(85-47(40)66-22-58-35-41(52)56-21-57-42(35)66)20-83-89(78,91)87-38-29(19-82-90(79,92)88-39)84-46(37(38)72)67-23-59-36-43(67)62-48(53)63-45(36)74/h6-11,21-24,26,29-30,34,37-40,46-47,72H,4-5,12-20H2,1-3H3,(H,60,73)(H,61,69)(H,78,91)(H,79,92)(H2,52,56,57)(H3,54,55,75)(H3,53,62,63,74)/t26-,29-,30-,34+,37-,38-,39-,40-,46-,47-,89?,90?/m1/s1. The van der Waals surface area contributed by atoms with Crippen molar-refractivity contribution in [2.24, 2.45) is 17.6 Å². The number of hydrogen-bond donors (Lipinski definition) is 10. The normalized spacial score (nSPS) is 25.5. The zero-order valence-electron chi connectivity index (χ0n) is 49.0. The molecule has 0 aliphatic carbocycles. The Morgan fingerprint density at radius 1 is 0.870 bits per heavy atom. The number of H-pyrrole nitrogens is 1. The van der Waals surface area contributed by atoms with Gasteiger partial charge in [-0.25, -0.2) is 34.3 Å². The second kappa shape index (κ2) is 29.3. The van der Waals surface area contributed by atoms with Crippen LogP contribution in [-0.4, -0.2) is 201 Å². The Bertz CT molecular complexity index is 3800. The average molecular weight is 1360 g/mol. The highest BCUT2D eigenvalue weighted by Crippen LogP contribution is 2.54. The molecule has 496 valence electrons. The molecule has 9 rings (SSSR count). The number of Topliss-reactive ketones (excluding diaryl/α,β-unsaturated/α-hetero) is 1. The van der Waals surface area contributed by atoms with E-state index in [2.05, 4.69) is 45.9 Å². The SMILES string of the molecule is CC(C)[C@H](NC(=O)CCN1C(=O)C=CC1=O)C(=O)C[C@@H](CCCNC(N)=O)C(=O)Nc1ccc(COC(=O)N(C)CCOC(=O)O[C@@H]2[C@@H]3OP(O)(=S)OC[C@H]4O[C@@H](n5cnc6c(=O)[nH]c(N)nc65)[C@H](O)[C@@H]4OP(O)(=S)OC[C@H]3O[C@H]2n2cnc3c(N)ncnc32)cc1. The predicted octanol–water partition coefficient (Wildman–Crippen LogP) is -0.261. The van der Waals surface area contributed by atoms with Crippen molar-refractivity contribution in [2.45, 2.75) is 101 Å². The number of aliphatic hydroxyl groups is 1. The monoisotopic (exact) mass is 1360 g/mol. The number of nitrogen functional groups attached to an aromatic ring is 2. The molecule has 0 spiro atoms. The number of carbonyl (C=O) groups is 8. The Morgan fingerprint density at radius 3 is 2.18 bits per heavy atom. The molecule has 0 bridgehead atoms. The first-order valence-electron chi connectivity index (χ1n) is 28.1. The number of aliphatic hydroxyl groups excluding tert-OH is 1. The van der Waals surface area contributed by atoms with Gasteiger partial charge in [0.15, 0.2) is 47.0 Å². The van der Waals surface area contributed by atoms with Crippen molar-refractivity contribution >= 4 is 125 Å². The summed E-state index contributed by atoms with van der Waals surface area (Å²) in [6.45, 7) is -7.99. The van der Waals surface area contributed by atoms with Gasteiger partial charge in [0.2, 0.25) is 17.8 Å². The molecule has 0 saturated carbocycles. The van der Waals surface area contributed by atoms with Crippen LogP contribution in [0.2, 0.25) is 0 Å². The van der Waals surface area contributed by atoms with E-state index >= 15 is 0 Å². The maximum absolute atomic E-state index is 13.7. The number of likely N-dealkylation sites (N-methyl/N-ethyl adjacent to an activating group) is 1. The van der Waals surface area contributed by atoms with Crippen LogP contribution in [0.25, 0.3) is 22.3 Å². The second-order valence-electron chi connectivity index (χ2n) is 21.5. The lowest BCUT2D eigenvalue weighted by molar-refractivity contribution is -0.137. The van der Waals surface area contributed by atoms with E-state index in [-0.39, 0.29) is 86.0 Å². The molecule has 5 aromatic rings. The summed E-state index contributed by atoms with van der Waals surface area (Å²) in [5, 5.41) is 19.5. The van der Waals surface area contributed by atoms with Crippen molar-refractivity contribution in [1.82, 2.24) is 59.5 Å². The Labute approximate surface area is 530 Å². The minimum Gasteiger partial charge on any atom is -0.445 e. The lowest BCUT2D eigenvalue weighted by Crippen LogP contribution is -2.46. The number of imide groups is 1. The van der Waals surface area contributed by atoms with Crippen molar-refractivity contribution in [2.75, 3.05) is 63.3 Å². The molecule has 41 heteroatoms. The highest BCUT2D eigenvalue weighted by molar-refractivity contribution is 8.07. The molecule has 7 amide bonds. The summed E-state index contributed by atoms with van der Waals surface area (Å²) in [5.41, 5.74) is 17.1. The number of nitrogens with two attached hydrogens (primary N) is 3. The summed E-state index contributed by atoms with van der Waals surface area (Å²) in [4.78, 5) is 163. The van der Waals surface area contributed by atoms with Crippen LogP contribution in [-0.2, 0) is 96.0 Å². The van der Waals surface area contributed by atoms with Crippen LogP contribution >= 0.6 is 13.4 Å². The zero-order valence-corrected chi connectivity index (χ0v) is 52.4. The van der Waals surface area contributed by atoms with Crippen LogP contribution in [0.3, 0.4) is 0 Å². The first-order valence-corrected chi connectivity index (χ1v) is 33.3. The van der Waals surface area contributed by atoms with Gasteiger partial charge in [-0.15, -0.1) is 0 Å². The molecule has 3 saturated heterocycles. The van der Waals surface area contributed by atoms with Gasteiger partial charge >= 0.3 is 31.7 Å². The summed E-state index contributed by atoms with van der Waals surface area (Å²) in [6, 6.07) is 4.42. The minimum atomic E-state index is -4.51. The number of carbonyl (C=O) groups excluding carboxylic acids is 8. The summed E-state index contributed by atoms with van der Waals surface area (Å²) in [5.74, 6) is -4.33. The van der Waals surface area contributed by atoms with Crippen LogP contribution in [0, 0.1) is 11.8 Å². The maximum atomic E-state index is 13.7. The van der Waals surface area contributed by atoms with E-state index in [9.17, 15) is 58.0 Å². The number of hydrogen-bond acceptors (Lipinski definition) is 28. The first kappa shape index (κ1) is 68.3. The Kier molecular flexibility index (Phi) is 21.7. The molecule has 12 atom stereocenters. The third kappa shape index (κ3) is 16.6. The van der Waals surface area contributed by atoms with E-state index in [0.29, 0.717) is 11.3 Å². The smallest absolute Gasteiger partial charge is 0.445 e. The number of nitrogens with zero attached hydrogens (tertiary/aromatic N) is 9. The molecule has 37 nitrogen and oxygen atoms in total. The van der Waals surface area contributed by atoms with E-state index in [0.717, 1.165) is 34.6 Å². The largest absolute Gasteiger partial charge is 0.508 e. The van der Waals surface area contributed by atoms with Crippen LogP contribution in [0.5, 0.6) is 0 Å². The lowest BCUT2D eigenvalue weighted by atomic mass is 9.89. The number of rotatable bonds is 22. The number of amides is 7. The second-order valence-corrected chi connectivity index (χ2v) is 27.1. The maximum Gasteiger partial charge on any atom is 0.508 e. The fourth-order valence-electron chi connectivity index (χ4n) is 10.1. The number of primary amides is 1. The third-order valence-corrected chi connectivity index (χ3v) is 17.8. The number of aromatic amines is 1. The van der Waals surface area contributed by atoms with Gasteiger partial charge in [-0.2, -0.15) is 4.98 Å². The topological polar surface area (TPSA) is 508 Å². The Hall–Kier alpha value is -8.04.